The van der Waals surface area contributed by atoms with E-state index in [1.54, 1.807) is 17.0 Å². The SMILES string of the molecule is O=C(O)c1cc(C(=O)N2CCOCC2)nn1Cc1cc(-c2ccc(Cl)s2)on1. The molecule has 11 heteroatoms. The fourth-order valence-corrected chi connectivity index (χ4v) is 3.84. The van der Waals surface area contributed by atoms with Crippen molar-refractivity contribution in [1.82, 2.24) is 19.8 Å². The number of carboxylic acid groups (broad SMARTS) is 1. The van der Waals surface area contributed by atoms with Crippen LogP contribution >= 0.6 is 22.9 Å². The summed E-state index contributed by atoms with van der Waals surface area (Å²) in [4.78, 5) is 26.6. The number of hydrogen-bond acceptors (Lipinski definition) is 7. The molecule has 3 aromatic rings. The number of carbonyl (C=O) groups excluding carboxylic acids is 1. The lowest BCUT2D eigenvalue weighted by atomic mass is 10.3. The van der Waals surface area contributed by atoms with E-state index in [-0.39, 0.29) is 23.8 Å². The van der Waals surface area contributed by atoms with Gasteiger partial charge < -0.3 is 19.3 Å². The number of thiophene rings is 1. The molecule has 4 heterocycles. The number of halogens is 1. The molecule has 0 saturated carbocycles. The summed E-state index contributed by atoms with van der Waals surface area (Å²) >= 11 is 7.28. The molecule has 0 aromatic carbocycles. The lowest BCUT2D eigenvalue weighted by Gasteiger charge is -2.25. The molecule has 1 fully saturated rings. The van der Waals surface area contributed by atoms with E-state index in [2.05, 4.69) is 10.3 Å². The van der Waals surface area contributed by atoms with E-state index < -0.39 is 5.97 Å². The molecule has 1 N–H and O–H groups in total. The fourth-order valence-electron chi connectivity index (χ4n) is 2.85. The van der Waals surface area contributed by atoms with Crippen LogP contribution in [0.4, 0.5) is 0 Å². The van der Waals surface area contributed by atoms with Gasteiger partial charge in [-0.2, -0.15) is 5.10 Å². The Morgan fingerprint density at radius 3 is 2.71 bits per heavy atom. The van der Waals surface area contributed by atoms with Crippen molar-refractivity contribution in [3.05, 3.63) is 45.7 Å². The average Bonchev–Trinajstić information content (AvgIpc) is 3.42. The first-order valence-corrected chi connectivity index (χ1v) is 9.60. The Hall–Kier alpha value is -2.69. The van der Waals surface area contributed by atoms with Gasteiger partial charge in [-0.3, -0.25) is 9.48 Å². The summed E-state index contributed by atoms with van der Waals surface area (Å²) < 4.78 is 12.4. The van der Waals surface area contributed by atoms with Gasteiger partial charge in [-0.15, -0.1) is 11.3 Å². The summed E-state index contributed by atoms with van der Waals surface area (Å²) in [6, 6.07) is 6.54. The Kier molecular flexibility index (Phi) is 5.16. The molecule has 1 aliphatic rings. The summed E-state index contributed by atoms with van der Waals surface area (Å²) in [7, 11) is 0. The molecule has 0 radical (unpaired) electrons. The molecule has 1 aliphatic heterocycles. The van der Waals surface area contributed by atoms with Gasteiger partial charge in [-0.1, -0.05) is 16.8 Å². The predicted octanol–water partition coefficient (Wildman–Crippen LogP) is 2.47. The van der Waals surface area contributed by atoms with Crippen molar-refractivity contribution in [2.75, 3.05) is 26.3 Å². The number of ether oxygens (including phenoxy) is 1. The smallest absolute Gasteiger partial charge is 0.354 e. The Bertz CT molecular complexity index is 1020. The fraction of sp³-hybridized carbons (Fsp3) is 0.294. The number of carboxylic acids is 1. The molecule has 3 aromatic heterocycles. The number of aromatic nitrogens is 3. The molecule has 0 spiro atoms. The normalized spacial score (nSPS) is 14.4. The van der Waals surface area contributed by atoms with Crippen LogP contribution in [0.5, 0.6) is 0 Å². The molecule has 0 bridgehead atoms. The van der Waals surface area contributed by atoms with E-state index in [1.807, 2.05) is 6.07 Å². The monoisotopic (exact) mass is 422 g/mol. The summed E-state index contributed by atoms with van der Waals surface area (Å²) in [6.45, 7) is 1.86. The number of hydrogen-bond donors (Lipinski definition) is 1. The van der Waals surface area contributed by atoms with Crippen LogP contribution in [0.1, 0.15) is 26.7 Å². The third-order valence-electron chi connectivity index (χ3n) is 4.20. The van der Waals surface area contributed by atoms with Crippen molar-refractivity contribution in [2.24, 2.45) is 0 Å². The highest BCUT2D eigenvalue weighted by Gasteiger charge is 2.25. The first kappa shape index (κ1) is 18.7. The van der Waals surface area contributed by atoms with E-state index in [1.165, 1.54) is 22.1 Å². The third kappa shape index (κ3) is 3.79. The van der Waals surface area contributed by atoms with Crippen LogP contribution in [0.15, 0.2) is 28.8 Å². The quantitative estimate of drug-likeness (QED) is 0.672. The predicted molar refractivity (Wildman–Crippen MR) is 99.8 cm³/mol. The first-order chi connectivity index (χ1) is 13.5. The number of nitrogens with zero attached hydrogens (tertiary/aromatic N) is 4. The Balaban J connectivity index is 1.57. The minimum absolute atomic E-state index is 0.0562. The molecule has 0 aliphatic carbocycles. The van der Waals surface area contributed by atoms with Gasteiger partial charge in [0.1, 0.15) is 11.4 Å². The maximum atomic E-state index is 12.6. The Labute approximate surface area is 168 Å². The maximum Gasteiger partial charge on any atom is 0.354 e. The number of morpholine rings is 1. The summed E-state index contributed by atoms with van der Waals surface area (Å²) in [5, 5.41) is 17.6. The standard InChI is InChI=1S/C17H15ClN4O5S/c18-15-2-1-14(28-15)13-7-10(20-27-13)9-22-12(17(24)25)8-11(19-22)16(23)21-3-5-26-6-4-21/h1-2,7-8H,3-6,9H2,(H,24,25). The summed E-state index contributed by atoms with van der Waals surface area (Å²) in [5.74, 6) is -0.971. The number of amides is 1. The molecule has 9 nitrogen and oxygen atoms in total. The van der Waals surface area contributed by atoms with Crippen LogP contribution < -0.4 is 0 Å². The highest BCUT2D eigenvalue weighted by Crippen LogP contribution is 2.31. The van der Waals surface area contributed by atoms with Gasteiger partial charge in [0.05, 0.1) is 29.0 Å². The minimum Gasteiger partial charge on any atom is -0.477 e. The van der Waals surface area contributed by atoms with Gasteiger partial charge in [-0.05, 0) is 12.1 Å². The number of carbonyl (C=O) groups is 2. The molecule has 28 heavy (non-hydrogen) atoms. The second-order valence-corrected chi connectivity index (χ2v) is 7.78. The summed E-state index contributed by atoms with van der Waals surface area (Å²) in [6.07, 6.45) is 0. The van der Waals surface area contributed by atoms with Gasteiger partial charge in [0.2, 0.25) is 0 Å². The van der Waals surface area contributed by atoms with Crippen molar-refractivity contribution in [1.29, 1.82) is 0 Å². The minimum atomic E-state index is -1.18. The van der Waals surface area contributed by atoms with Gasteiger partial charge >= 0.3 is 5.97 Å². The van der Waals surface area contributed by atoms with Crippen LogP contribution in [0, 0.1) is 0 Å². The zero-order chi connectivity index (χ0) is 19.7. The van der Waals surface area contributed by atoms with Crippen LogP contribution in [0.25, 0.3) is 10.6 Å². The van der Waals surface area contributed by atoms with Crippen molar-refractivity contribution in [2.45, 2.75) is 6.54 Å². The average molecular weight is 423 g/mol. The zero-order valence-electron chi connectivity index (χ0n) is 14.5. The summed E-state index contributed by atoms with van der Waals surface area (Å²) in [5.41, 5.74) is 0.462. The van der Waals surface area contributed by atoms with E-state index in [0.717, 1.165) is 4.88 Å². The molecule has 4 rings (SSSR count). The van der Waals surface area contributed by atoms with Gasteiger partial charge in [0.15, 0.2) is 11.5 Å². The largest absolute Gasteiger partial charge is 0.477 e. The Morgan fingerprint density at radius 2 is 2.04 bits per heavy atom. The molecular formula is C17H15ClN4O5S. The maximum absolute atomic E-state index is 12.6. The molecule has 1 amide bonds. The number of rotatable bonds is 5. The lowest BCUT2D eigenvalue weighted by molar-refractivity contribution is 0.0298. The highest BCUT2D eigenvalue weighted by molar-refractivity contribution is 7.19. The molecule has 146 valence electrons. The van der Waals surface area contributed by atoms with Crippen molar-refractivity contribution in [3.63, 3.8) is 0 Å². The van der Waals surface area contributed by atoms with E-state index in [9.17, 15) is 14.7 Å². The molecule has 0 unspecified atom stereocenters. The van der Waals surface area contributed by atoms with Gasteiger partial charge in [0.25, 0.3) is 5.91 Å². The second kappa shape index (κ2) is 7.74. The molecule has 0 atom stereocenters. The van der Waals surface area contributed by atoms with Crippen molar-refractivity contribution < 1.29 is 24.0 Å². The van der Waals surface area contributed by atoms with Crippen molar-refractivity contribution >= 4 is 34.8 Å². The first-order valence-electron chi connectivity index (χ1n) is 8.41. The van der Waals surface area contributed by atoms with E-state index in [0.29, 0.717) is 42.1 Å². The van der Waals surface area contributed by atoms with Gasteiger partial charge in [0, 0.05) is 25.2 Å². The second-order valence-electron chi connectivity index (χ2n) is 6.07. The van der Waals surface area contributed by atoms with E-state index >= 15 is 0 Å². The number of aromatic carboxylic acids is 1. The topological polar surface area (TPSA) is 111 Å². The van der Waals surface area contributed by atoms with E-state index in [4.69, 9.17) is 20.9 Å². The van der Waals surface area contributed by atoms with Crippen LogP contribution in [0.2, 0.25) is 4.34 Å². The molecular weight excluding hydrogens is 408 g/mol. The lowest BCUT2D eigenvalue weighted by Crippen LogP contribution is -2.40. The van der Waals surface area contributed by atoms with Crippen LogP contribution in [0.3, 0.4) is 0 Å². The zero-order valence-corrected chi connectivity index (χ0v) is 16.1. The molecule has 1 saturated heterocycles. The van der Waals surface area contributed by atoms with Crippen molar-refractivity contribution in [3.8, 4) is 10.6 Å². The Morgan fingerprint density at radius 1 is 1.25 bits per heavy atom. The highest BCUT2D eigenvalue weighted by atomic mass is 35.5. The van der Waals surface area contributed by atoms with Gasteiger partial charge in [-0.25, -0.2) is 4.79 Å². The third-order valence-corrected chi connectivity index (χ3v) is 5.45. The van der Waals surface area contributed by atoms with Crippen LogP contribution in [-0.2, 0) is 11.3 Å². The van der Waals surface area contributed by atoms with Crippen LogP contribution in [-0.4, -0.2) is 63.1 Å².